The molecule has 0 aromatic heterocycles. The molecule has 4 rings (SSSR count). The van der Waals surface area contributed by atoms with E-state index in [4.69, 9.17) is 14.2 Å². The van der Waals surface area contributed by atoms with Crippen LogP contribution in [0.3, 0.4) is 0 Å². The second kappa shape index (κ2) is 3.18. The van der Waals surface area contributed by atoms with Crippen LogP contribution in [-0.2, 0) is 19.0 Å². The van der Waals surface area contributed by atoms with Crippen LogP contribution in [-0.4, -0.2) is 31.1 Å². The van der Waals surface area contributed by atoms with Crippen molar-refractivity contribution in [2.45, 2.75) is 18.3 Å². The molecule has 1 fully saturated rings. The molecule has 80 valence electrons. The fourth-order valence-electron chi connectivity index (χ4n) is 2.12. The van der Waals surface area contributed by atoms with E-state index in [2.05, 4.69) is 0 Å². The Kier molecular flexibility index (Phi) is 1.94. The topological polar surface area (TPSA) is 44.8 Å². The molecule has 1 spiro atoms. The highest BCUT2D eigenvalue weighted by atomic mass is 16.7. The lowest BCUT2D eigenvalue weighted by Crippen LogP contribution is -2.48. The molecule has 2 bridgehead atoms. The van der Waals surface area contributed by atoms with Gasteiger partial charge in [-0.1, -0.05) is 6.08 Å². The molecule has 4 heteroatoms. The zero-order valence-electron chi connectivity index (χ0n) is 8.22. The molecule has 4 aliphatic rings. The summed E-state index contributed by atoms with van der Waals surface area (Å²) in [6.07, 6.45) is 7.91. The number of hydrogen-bond donors (Lipinski definition) is 0. The van der Waals surface area contributed by atoms with Gasteiger partial charge in [0.1, 0.15) is 12.0 Å². The summed E-state index contributed by atoms with van der Waals surface area (Å²) in [7, 11) is 0. The van der Waals surface area contributed by atoms with Crippen molar-refractivity contribution in [1.82, 2.24) is 0 Å². The molecule has 0 aromatic carbocycles. The van der Waals surface area contributed by atoms with Gasteiger partial charge in [0, 0.05) is 0 Å². The number of esters is 1. The summed E-state index contributed by atoms with van der Waals surface area (Å²) in [5, 5.41) is 0. The van der Waals surface area contributed by atoms with Gasteiger partial charge in [-0.15, -0.1) is 0 Å². The normalized spacial score (nSPS) is 36.7. The van der Waals surface area contributed by atoms with Crippen LogP contribution >= 0.6 is 0 Å². The van der Waals surface area contributed by atoms with Crippen LogP contribution in [0, 0.1) is 5.92 Å². The van der Waals surface area contributed by atoms with Crippen LogP contribution in [0.2, 0.25) is 0 Å². The van der Waals surface area contributed by atoms with Crippen molar-refractivity contribution in [3.63, 3.8) is 0 Å². The van der Waals surface area contributed by atoms with Crippen molar-refractivity contribution in [3.8, 4) is 0 Å². The number of ether oxygens (including phenoxy) is 3. The Balaban J connectivity index is 2.01. The number of fused-ring (bicyclic) bond motifs is 1. The summed E-state index contributed by atoms with van der Waals surface area (Å²) < 4.78 is 16.4. The molecular weight excluding hydrogens is 196 g/mol. The molecule has 4 nitrogen and oxygen atoms in total. The highest BCUT2D eigenvalue weighted by Crippen LogP contribution is 2.36. The molecular formula is C11H12O4. The minimum absolute atomic E-state index is 0.262. The largest absolute Gasteiger partial charge is 0.453 e. The Bertz CT molecular complexity index is 338. The van der Waals surface area contributed by atoms with Crippen molar-refractivity contribution in [1.29, 1.82) is 0 Å². The fourth-order valence-corrected chi connectivity index (χ4v) is 2.12. The summed E-state index contributed by atoms with van der Waals surface area (Å²) in [4.78, 5) is 11.7. The summed E-state index contributed by atoms with van der Waals surface area (Å²) in [5.74, 6) is -1.65. The minimum atomic E-state index is -0.920. The zero-order chi connectivity index (χ0) is 10.3. The van der Waals surface area contributed by atoms with E-state index in [1.807, 2.05) is 24.3 Å². The number of carbonyl (C=O) groups is 1. The lowest BCUT2D eigenvalue weighted by molar-refractivity contribution is -0.256. The van der Waals surface area contributed by atoms with Crippen LogP contribution in [0.15, 0.2) is 24.3 Å². The molecule has 1 aliphatic carbocycles. The second-order valence-corrected chi connectivity index (χ2v) is 3.90. The quantitative estimate of drug-likeness (QED) is 0.436. The van der Waals surface area contributed by atoms with E-state index < -0.39 is 11.7 Å². The van der Waals surface area contributed by atoms with Gasteiger partial charge in [-0.05, 0) is 24.6 Å². The standard InChI is InChI=1S/C11H12O4/c12-10-9-3-2-8(15-10)4-5-11(9)13-6-1-7-14-11/h2-5,8-9H,1,6-7H2. The second-order valence-electron chi connectivity index (χ2n) is 3.90. The van der Waals surface area contributed by atoms with E-state index in [0.29, 0.717) is 13.2 Å². The van der Waals surface area contributed by atoms with Gasteiger partial charge >= 0.3 is 5.97 Å². The predicted molar refractivity (Wildman–Crippen MR) is 50.9 cm³/mol. The van der Waals surface area contributed by atoms with Crippen LogP contribution < -0.4 is 0 Å². The van der Waals surface area contributed by atoms with Crippen LogP contribution in [0.5, 0.6) is 0 Å². The van der Waals surface area contributed by atoms with Crippen molar-refractivity contribution in [3.05, 3.63) is 24.3 Å². The SMILES string of the molecule is O=C1OC2C=CC1C1(C=C2)OCCCO1. The van der Waals surface area contributed by atoms with E-state index >= 15 is 0 Å². The van der Waals surface area contributed by atoms with Crippen molar-refractivity contribution < 1.29 is 19.0 Å². The molecule has 0 saturated carbocycles. The van der Waals surface area contributed by atoms with Gasteiger partial charge in [-0.25, -0.2) is 0 Å². The van der Waals surface area contributed by atoms with E-state index in [-0.39, 0.29) is 12.1 Å². The number of rotatable bonds is 0. The highest BCUT2D eigenvalue weighted by molar-refractivity contribution is 5.78. The average Bonchev–Trinajstić information content (AvgIpc) is 2.49. The third kappa shape index (κ3) is 1.33. The van der Waals surface area contributed by atoms with Crippen molar-refractivity contribution in [2.24, 2.45) is 5.92 Å². The lowest BCUT2D eigenvalue weighted by Gasteiger charge is -2.37. The predicted octanol–water partition coefficient (Wildman–Crippen LogP) is 0.787. The van der Waals surface area contributed by atoms with Crippen molar-refractivity contribution >= 4 is 5.97 Å². The van der Waals surface area contributed by atoms with Gasteiger partial charge < -0.3 is 14.2 Å². The molecule has 2 atom stereocenters. The molecule has 0 aromatic rings. The summed E-state index contributed by atoms with van der Waals surface area (Å²) in [6.45, 7) is 1.24. The van der Waals surface area contributed by atoms with Crippen LogP contribution in [0.1, 0.15) is 6.42 Å². The van der Waals surface area contributed by atoms with E-state index in [1.165, 1.54) is 0 Å². The van der Waals surface area contributed by atoms with Crippen molar-refractivity contribution in [2.75, 3.05) is 13.2 Å². The molecule has 1 saturated heterocycles. The molecule has 3 aliphatic heterocycles. The summed E-state index contributed by atoms with van der Waals surface area (Å²) in [5.41, 5.74) is 0. The zero-order valence-corrected chi connectivity index (χ0v) is 8.22. The number of carbonyl (C=O) groups excluding carboxylic acids is 1. The minimum Gasteiger partial charge on any atom is -0.453 e. The monoisotopic (exact) mass is 208 g/mol. The first-order valence-electron chi connectivity index (χ1n) is 5.16. The smallest absolute Gasteiger partial charge is 0.319 e. The van der Waals surface area contributed by atoms with Gasteiger partial charge in [-0.2, -0.15) is 0 Å². The Hall–Kier alpha value is -1.13. The molecule has 15 heavy (non-hydrogen) atoms. The maximum atomic E-state index is 11.7. The third-order valence-electron chi connectivity index (χ3n) is 2.90. The molecule has 2 unspecified atom stereocenters. The molecule has 3 heterocycles. The molecule has 0 radical (unpaired) electrons. The molecule has 0 amide bonds. The Labute approximate surface area is 87.5 Å². The van der Waals surface area contributed by atoms with Gasteiger partial charge in [0.05, 0.1) is 13.2 Å². The highest BCUT2D eigenvalue weighted by Gasteiger charge is 2.48. The maximum Gasteiger partial charge on any atom is 0.319 e. The summed E-state index contributed by atoms with van der Waals surface area (Å²) in [6, 6.07) is 0. The van der Waals surface area contributed by atoms with Gasteiger partial charge in [0.2, 0.25) is 5.79 Å². The van der Waals surface area contributed by atoms with Gasteiger partial charge in [-0.3, -0.25) is 4.79 Å². The average molecular weight is 208 g/mol. The van der Waals surface area contributed by atoms with Gasteiger partial charge in [0.15, 0.2) is 0 Å². The fraction of sp³-hybridized carbons (Fsp3) is 0.545. The first-order chi connectivity index (χ1) is 7.30. The third-order valence-corrected chi connectivity index (χ3v) is 2.90. The lowest BCUT2D eigenvalue weighted by atomic mass is 9.97. The van der Waals surface area contributed by atoms with E-state index in [9.17, 15) is 4.79 Å². The van der Waals surface area contributed by atoms with E-state index in [0.717, 1.165) is 6.42 Å². The number of hydrogen-bond acceptors (Lipinski definition) is 4. The first kappa shape index (κ1) is 9.12. The van der Waals surface area contributed by atoms with Crippen LogP contribution in [0.25, 0.3) is 0 Å². The Morgan fingerprint density at radius 3 is 2.73 bits per heavy atom. The maximum absolute atomic E-state index is 11.7. The Morgan fingerprint density at radius 2 is 2.00 bits per heavy atom. The van der Waals surface area contributed by atoms with E-state index in [1.54, 1.807) is 0 Å². The summed E-state index contributed by atoms with van der Waals surface area (Å²) >= 11 is 0. The molecule has 0 N–H and O–H groups in total. The first-order valence-corrected chi connectivity index (χ1v) is 5.16. The Morgan fingerprint density at radius 1 is 1.20 bits per heavy atom. The van der Waals surface area contributed by atoms with Gasteiger partial charge in [0.25, 0.3) is 0 Å². The van der Waals surface area contributed by atoms with Crippen LogP contribution in [0.4, 0.5) is 0 Å².